The normalized spacial score (nSPS) is 14.9. The molecule has 2 aromatic rings. The van der Waals surface area contributed by atoms with Gasteiger partial charge in [-0.2, -0.15) is 0 Å². The molecule has 1 aliphatic heterocycles. The zero-order valence-electron chi connectivity index (χ0n) is 19.9. The number of benzene rings is 2. The van der Waals surface area contributed by atoms with Crippen molar-refractivity contribution < 1.29 is 23.7 Å². The fourth-order valence-electron chi connectivity index (χ4n) is 4.19. The number of halogens is 1. The van der Waals surface area contributed by atoms with E-state index in [1.54, 1.807) is 26.4 Å². The van der Waals surface area contributed by atoms with Crippen LogP contribution in [0, 0.1) is 0 Å². The predicted octanol–water partition coefficient (Wildman–Crippen LogP) is 4.49. The number of hydrogen-bond donors (Lipinski definition) is 1. The van der Waals surface area contributed by atoms with Gasteiger partial charge in [0, 0.05) is 12.1 Å². The molecule has 182 valence electrons. The van der Waals surface area contributed by atoms with Crippen LogP contribution in [0.15, 0.2) is 36.4 Å². The van der Waals surface area contributed by atoms with Crippen LogP contribution in [0.2, 0.25) is 0 Å². The fourth-order valence-corrected chi connectivity index (χ4v) is 4.19. The van der Waals surface area contributed by atoms with Gasteiger partial charge in [-0.3, -0.25) is 9.69 Å². The number of ether oxygens (including phenoxy) is 4. The Hall–Kier alpha value is -2.64. The Labute approximate surface area is 202 Å². The van der Waals surface area contributed by atoms with Gasteiger partial charge >= 0.3 is 0 Å². The Bertz CT molecular complexity index is 858. The maximum Gasteiger partial charge on any atom is 0.251 e. The van der Waals surface area contributed by atoms with E-state index in [0.717, 1.165) is 24.4 Å². The number of nitrogens with zero attached hydrogens (tertiary/aromatic N) is 1. The molecule has 0 spiro atoms. The molecule has 0 aliphatic carbocycles. The molecule has 3 rings (SSSR count). The lowest BCUT2D eigenvalue weighted by Gasteiger charge is -2.31. The summed E-state index contributed by atoms with van der Waals surface area (Å²) in [4.78, 5) is 15.5. The highest BCUT2D eigenvalue weighted by molar-refractivity contribution is 5.95. The predicted molar refractivity (Wildman–Crippen MR) is 131 cm³/mol. The van der Waals surface area contributed by atoms with E-state index < -0.39 is 0 Å². The van der Waals surface area contributed by atoms with Crippen molar-refractivity contribution in [3.8, 4) is 23.0 Å². The summed E-state index contributed by atoms with van der Waals surface area (Å²) in [7, 11) is 6.29. The minimum absolute atomic E-state index is 0. The van der Waals surface area contributed by atoms with E-state index in [1.165, 1.54) is 39.9 Å². The maximum absolute atomic E-state index is 13.1. The summed E-state index contributed by atoms with van der Waals surface area (Å²) in [5.74, 6) is 2.02. The molecule has 8 heteroatoms. The van der Waals surface area contributed by atoms with Gasteiger partial charge in [-0.1, -0.05) is 25.0 Å². The molecule has 1 amide bonds. The van der Waals surface area contributed by atoms with Crippen LogP contribution in [0.25, 0.3) is 0 Å². The van der Waals surface area contributed by atoms with Gasteiger partial charge in [0.15, 0.2) is 11.5 Å². The van der Waals surface area contributed by atoms with E-state index in [2.05, 4.69) is 22.3 Å². The first-order chi connectivity index (χ1) is 15.6. The molecule has 1 fully saturated rings. The molecule has 0 aromatic heterocycles. The lowest BCUT2D eigenvalue weighted by Crippen LogP contribution is -2.38. The minimum Gasteiger partial charge on any atom is -0.497 e. The average Bonchev–Trinajstić information content (AvgIpc) is 3.13. The molecule has 7 nitrogen and oxygen atoms in total. The van der Waals surface area contributed by atoms with Crippen LogP contribution in [0.4, 0.5) is 0 Å². The highest BCUT2D eigenvalue weighted by Crippen LogP contribution is 2.38. The van der Waals surface area contributed by atoms with E-state index in [4.69, 9.17) is 18.9 Å². The van der Waals surface area contributed by atoms with Gasteiger partial charge in [-0.15, -0.1) is 12.4 Å². The molecule has 1 saturated heterocycles. The molecule has 1 aliphatic rings. The third kappa shape index (κ3) is 6.68. The number of likely N-dealkylation sites (tertiary alicyclic amines) is 1. The molecule has 0 saturated carbocycles. The molecule has 1 unspecified atom stereocenters. The van der Waals surface area contributed by atoms with Crippen LogP contribution in [0.5, 0.6) is 23.0 Å². The van der Waals surface area contributed by atoms with Crippen molar-refractivity contribution in [2.24, 2.45) is 0 Å². The van der Waals surface area contributed by atoms with Gasteiger partial charge in [-0.05, 0) is 55.8 Å². The van der Waals surface area contributed by atoms with Crippen molar-refractivity contribution in [1.29, 1.82) is 0 Å². The maximum atomic E-state index is 13.1. The molecule has 33 heavy (non-hydrogen) atoms. The summed E-state index contributed by atoms with van der Waals surface area (Å²) in [5.41, 5.74) is 1.63. The zero-order valence-corrected chi connectivity index (χ0v) is 20.7. The monoisotopic (exact) mass is 478 g/mol. The van der Waals surface area contributed by atoms with Gasteiger partial charge in [0.2, 0.25) is 5.75 Å². The van der Waals surface area contributed by atoms with Gasteiger partial charge in [-0.25, -0.2) is 0 Å². The fraction of sp³-hybridized carbons (Fsp3) is 0.480. The minimum atomic E-state index is -0.183. The smallest absolute Gasteiger partial charge is 0.251 e. The van der Waals surface area contributed by atoms with Gasteiger partial charge in [0.05, 0.1) is 34.5 Å². The van der Waals surface area contributed by atoms with Crippen molar-refractivity contribution in [2.75, 3.05) is 48.1 Å². The second-order valence-electron chi connectivity index (χ2n) is 7.86. The first-order valence-corrected chi connectivity index (χ1v) is 11.1. The molecule has 0 bridgehead atoms. The van der Waals surface area contributed by atoms with Gasteiger partial charge in [0.1, 0.15) is 5.75 Å². The number of hydrogen-bond acceptors (Lipinski definition) is 6. The summed E-state index contributed by atoms with van der Waals surface area (Å²) >= 11 is 0. The number of amides is 1. The average molecular weight is 479 g/mol. The van der Waals surface area contributed by atoms with Gasteiger partial charge < -0.3 is 24.3 Å². The molecule has 1 heterocycles. The Balaban J connectivity index is 0.00000385. The Morgan fingerprint density at radius 2 is 1.45 bits per heavy atom. The van der Waals surface area contributed by atoms with E-state index in [-0.39, 0.29) is 24.4 Å². The second kappa shape index (κ2) is 13.2. The van der Waals surface area contributed by atoms with Crippen LogP contribution in [0.1, 0.15) is 47.6 Å². The number of nitrogens with one attached hydrogen (secondary N) is 1. The number of rotatable bonds is 9. The number of methoxy groups -OCH3 is 4. The van der Waals surface area contributed by atoms with Gasteiger partial charge in [0.25, 0.3) is 5.91 Å². The topological polar surface area (TPSA) is 69.3 Å². The Kier molecular flexibility index (Phi) is 10.6. The molecule has 1 N–H and O–H groups in total. The van der Waals surface area contributed by atoms with Crippen molar-refractivity contribution in [3.05, 3.63) is 47.5 Å². The Morgan fingerprint density at radius 1 is 0.879 bits per heavy atom. The first-order valence-electron chi connectivity index (χ1n) is 11.1. The third-order valence-electron chi connectivity index (χ3n) is 5.96. The molecule has 0 radical (unpaired) electrons. The standard InChI is InChI=1S/C25H34N2O5.ClH/c1-29-20-11-9-18(10-12-20)21(27-13-7-5-6-8-14-27)17-26-25(28)19-15-22(30-2)24(32-4)23(16-19)31-3;/h9-12,15-16,21H,5-8,13-14,17H2,1-4H3,(H,26,28);1H. The number of carbonyl (C=O) groups excluding carboxylic acids is 1. The zero-order chi connectivity index (χ0) is 22.9. The van der Waals surface area contributed by atoms with E-state index in [0.29, 0.717) is 29.4 Å². The summed E-state index contributed by atoms with van der Waals surface area (Å²) in [6.07, 6.45) is 4.86. The summed E-state index contributed by atoms with van der Waals surface area (Å²) in [6, 6.07) is 11.5. The highest BCUT2D eigenvalue weighted by atomic mass is 35.5. The van der Waals surface area contributed by atoms with E-state index >= 15 is 0 Å². The van der Waals surface area contributed by atoms with Crippen LogP contribution in [-0.4, -0.2) is 58.9 Å². The molecule has 2 aromatic carbocycles. The lowest BCUT2D eigenvalue weighted by molar-refractivity contribution is 0.0932. The van der Waals surface area contributed by atoms with Crippen molar-refractivity contribution in [3.63, 3.8) is 0 Å². The highest BCUT2D eigenvalue weighted by Gasteiger charge is 2.23. The first kappa shape index (κ1) is 26.6. The van der Waals surface area contributed by atoms with E-state index in [9.17, 15) is 4.79 Å². The SMILES string of the molecule is COc1ccc(C(CNC(=O)c2cc(OC)c(OC)c(OC)c2)N2CCCCCC2)cc1.Cl. The van der Waals surface area contributed by atoms with E-state index in [1.807, 2.05) is 12.1 Å². The Morgan fingerprint density at radius 3 is 1.94 bits per heavy atom. The third-order valence-corrected chi connectivity index (χ3v) is 5.96. The van der Waals surface area contributed by atoms with Crippen molar-refractivity contribution >= 4 is 18.3 Å². The molecular formula is C25H35ClN2O5. The van der Waals surface area contributed by atoms with Crippen LogP contribution < -0.4 is 24.3 Å². The van der Waals surface area contributed by atoms with Crippen molar-refractivity contribution in [1.82, 2.24) is 10.2 Å². The van der Waals surface area contributed by atoms with Crippen molar-refractivity contribution in [2.45, 2.75) is 31.7 Å². The molecular weight excluding hydrogens is 444 g/mol. The van der Waals surface area contributed by atoms with Crippen LogP contribution >= 0.6 is 12.4 Å². The summed E-state index contributed by atoms with van der Waals surface area (Å²) in [5, 5.41) is 3.12. The summed E-state index contributed by atoms with van der Waals surface area (Å²) < 4.78 is 21.5. The largest absolute Gasteiger partial charge is 0.497 e. The lowest BCUT2D eigenvalue weighted by atomic mass is 10.0. The summed E-state index contributed by atoms with van der Waals surface area (Å²) in [6.45, 7) is 2.55. The quantitative estimate of drug-likeness (QED) is 0.572. The van der Waals surface area contributed by atoms with Crippen LogP contribution in [0.3, 0.4) is 0 Å². The number of carbonyl (C=O) groups is 1. The molecule has 1 atom stereocenters. The second-order valence-corrected chi connectivity index (χ2v) is 7.86. The van der Waals surface area contributed by atoms with Crippen LogP contribution in [-0.2, 0) is 0 Å².